The molecule has 4 rings (SSSR count). The van der Waals surface area contributed by atoms with Crippen LogP contribution in [-0.4, -0.2) is 29.6 Å². The van der Waals surface area contributed by atoms with Crippen molar-refractivity contribution in [3.8, 4) is 5.75 Å². The zero-order valence-electron chi connectivity index (χ0n) is 14.2. The Labute approximate surface area is 146 Å². The number of benzene rings is 2. The van der Waals surface area contributed by atoms with Crippen LogP contribution in [0.25, 0.3) is 10.2 Å². The lowest BCUT2D eigenvalue weighted by atomic mass is 10.0. The van der Waals surface area contributed by atoms with E-state index < -0.39 is 0 Å². The minimum absolute atomic E-state index is 0.518. The summed E-state index contributed by atoms with van der Waals surface area (Å²) in [4.78, 5) is 7.03. The second-order valence-electron chi connectivity index (χ2n) is 6.56. The van der Waals surface area contributed by atoms with Crippen LogP contribution in [0.5, 0.6) is 5.75 Å². The predicted octanol–water partition coefficient (Wildman–Crippen LogP) is 4.29. The van der Waals surface area contributed by atoms with Crippen molar-refractivity contribution in [1.29, 1.82) is 0 Å². The van der Waals surface area contributed by atoms with Gasteiger partial charge in [-0.1, -0.05) is 12.1 Å². The largest absolute Gasteiger partial charge is 0.497 e. The molecule has 1 atom stereocenters. The molecule has 0 bridgehead atoms. The van der Waals surface area contributed by atoms with Gasteiger partial charge in [-0.3, -0.25) is 4.90 Å². The quantitative estimate of drug-likeness (QED) is 0.712. The van der Waals surface area contributed by atoms with Crippen LogP contribution in [0.3, 0.4) is 0 Å². The van der Waals surface area contributed by atoms with Crippen molar-refractivity contribution in [2.75, 3.05) is 13.7 Å². The van der Waals surface area contributed by atoms with E-state index in [-0.39, 0.29) is 0 Å². The minimum atomic E-state index is 0.518. The van der Waals surface area contributed by atoms with E-state index in [1.165, 1.54) is 21.4 Å². The molecule has 0 radical (unpaired) electrons. The van der Waals surface area contributed by atoms with Gasteiger partial charge in [-0.15, -0.1) is 11.3 Å². The average molecular weight is 338 g/mol. The zero-order valence-corrected chi connectivity index (χ0v) is 15.0. The number of rotatable bonds is 3. The number of methoxy groups -OCH3 is 1. The highest BCUT2D eigenvalue weighted by Gasteiger charge is 2.21. The molecule has 1 aliphatic rings. The first-order chi connectivity index (χ1) is 11.7. The molecule has 2 aromatic carbocycles. The fourth-order valence-electron chi connectivity index (χ4n) is 3.57. The lowest BCUT2D eigenvalue weighted by Gasteiger charge is -2.27. The summed E-state index contributed by atoms with van der Waals surface area (Å²) in [5.41, 5.74) is 7.28. The van der Waals surface area contributed by atoms with Crippen LogP contribution in [0.1, 0.15) is 23.6 Å². The molecule has 0 saturated carbocycles. The Hall–Kier alpha value is -1.91. The van der Waals surface area contributed by atoms with Crippen LogP contribution in [0.2, 0.25) is 0 Å². The normalized spacial score (nSPS) is 18.3. The number of hydrogen-bond donors (Lipinski definition) is 0. The molecule has 3 aromatic rings. The second-order valence-corrected chi connectivity index (χ2v) is 7.45. The van der Waals surface area contributed by atoms with Gasteiger partial charge in [0.25, 0.3) is 0 Å². The first kappa shape index (κ1) is 15.6. The third-order valence-electron chi connectivity index (χ3n) is 5.00. The van der Waals surface area contributed by atoms with E-state index in [2.05, 4.69) is 53.2 Å². The average Bonchev–Trinajstić information content (AvgIpc) is 3.00. The molecule has 4 heteroatoms. The number of aromatic nitrogens is 1. The van der Waals surface area contributed by atoms with Crippen LogP contribution < -0.4 is 4.74 Å². The van der Waals surface area contributed by atoms with Gasteiger partial charge in [-0.25, -0.2) is 4.98 Å². The molecule has 0 aliphatic carbocycles. The molecule has 0 amide bonds. The maximum Gasteiger partial charge on any atom is 0.119 e. The Bertz CT molecular complexity index is 858. The second kappa shape index (κ2) is 6.54. The molecular weight excluding hydrogens is 316 g/mol. The molecule has 124 valence electrons. The lowest BCUT2D eigenvalue weighted by Crippen LogP contribution is -2.33. The highest BCUT2D eigenvalue weighted by atomic mass is 32.1. The maximum absolute atomic E-state index is 5.39. The summed E-state index contributed by atoms with van der Waals surface area (Å²) in [5, 5.41) is 0. The Kier molecular flexibility index (Phi) is 4.25. The van der Waals surface area contributed by atoms with Gasteiger partial charge in [0, 0.05) is 19.1 Å². The van der Waals surface area contributed by atoms with Crippen molar-refractivity contribution in [1.82, 2.24) is 9.88 Å². The number of nitrogens with zero attached hydrogens (tertiary/aromatic N) is 2. The molecular formula is C20H22N2OS. The highest BCUT2D eigenvalue weighted by molar-refractivity contribution is 7.16. The molecule has 0 unspecified atom stereocenters. The molecule has 3 nitrogen and oxygen atoms in total. The van der Waals surface area contributed by atoms with Gasteiger partial charge in [0.1, 0.15) is 5.75 Å². The third kappa shape index (κ3) is 3.04. The summed E-state index contributed by atoms with van der Waals surface area (Å²) in [6.45, 7) is 4.41. The van der Waals surface area contributed by atoms with Gasteiger partial charge in [-0.2, -0.15) is 0 Å². The third-order valence-corrected chi connectivity index (χ3v) is 5.81. The summed E-state index contributed by atoms with van der Waals surface area (Å²) < 4.78 is 6.66. The van der Waals surface area contributed by atoms with Gasteiger partial charge < -0.3 is 4.74 Å². The van der Waals surface area contributed by atoms with Crippen molar-refractivity contribution >= 4 is 21.6 Å². The number of hydrogen-bond acceptors (Lipinski definition) is 4. The van der Waals surface area contributed by atoms with Crippen LogP contribution >= 0.6 is 11.3 Å². The van der Waals surface area contributed by atoms with Crippen molar-refractivity contribution in [3.63, 3.8) is 0 Å². The van der Waals surface area contributed by atoms with Gasteiger partial charge in [0.05, 0.1) is 22.8 Å². The van der Waals surface area contributed by atoms with Crippen molar-refractivity contribution in [2.24, 2.45) is 0 Å². The van der Waals surface area contributed by atoms with Crippen molar-refractivity contribution in [3.05, 3.63) is 58.6 Å². The monoisotopic (exact) mass is 338 g/mol. The number of ether oxygens (including phenoxy) is 1. The smallest absolute Gasteiger partial charge is 0.119 e. The van der Waals surface area contributed by atoms with Gasteiger partial charge in [0.15, 0.2) is 0 Å². The Morgan fingerprint density at radius 3 is 3.00 bits per heavy atom. The molecule has 1 aliphatic heterocycles. The number of thiazole rings is 1. The fraction of sp³-hybridized carbons (Fsp3) is 0.350. The van der Waals surface area contributed by atoms with Gasteiger partial charge >= 0.3 is 0 Å². The standard InChI is InChI=1S/C20H22N2OS/c1-14-9-17-11-18(23-2)5-4-16(17)7-8-22(14)12-15-3-6-20-19(10-15)21-13-24-20/h3-6,10-11,13-14H,7-9,12H2,1-2H3/t14-/m0/s1. The maximum atomic E-state index is 5.39. The van der Waals surface area contributed by atoms with Crippen LogP contribution in [0.4, 0.5) is 0 Å². The first-order valence-electron chi connectivity index (χ1n) is 8.45. The zero-order chi connectivity index (χ0) is 16.5. The van der Waals surface area contributed by atoms with E-state index in [0.29, 0.717) is 6.04 Å². The van der Waals surface area contributed by atoms with Gasteiger partial charge in [0.2, 0.25) is 0 Å². The molecule has 0 fully saturated rings. The van der Waals surface area contributed by atoms with Crippen molar-refractivity contribution < 1.29 is 4.74 Å². The van der Waals surface area contributed by atoms with E-state index in [1.54, 1.807) is 18.4 Å². The Morgan fingerprint density at radius 2 is 2.12 bits per heavy atom. The summed E-state index contributed by atoms with van der Waals surface area (Å²) in [6, 6.07) is 13.7. The topological polar surface area (TPSA) is 25.4 Å². The van der Waals surface area contributed by atoms with E-state index in [1.807, 2.05) is 5.51 Å². The molecule has 24 heavy (non-hydrogen) atoms. The fourth-order valence-corrected chi connectivity index (χ4v) is 4.22. The molecule has 0 spiro atoms. The number of fused-ring (bicyclic) bond motifs is 2. The SMILES string of the molecule is COc1ccc2c(c1)C[C@H](C)N(Cc1ccc3scnc3c1)CC2. The summed E-state index contributed by atoms with van der Waals surface area (Å²) in [6.07, 6.45) is 2.17. The van der Waals surface area contributed by atoms with Crippen LogP contribution in [0, 0.1) is 0 Å². The van der Waals surface area contributed by atoms with Crippen molar-refractivity contribution in [2.45, 2.75) is 32.4 Å². The minimum Gasteiger partial charge on any atom is -0.497 e. The summed E-state index contributed by atoms with van der Waals surface area (Å²) >= 11 is 1.70. The Morgan fingerprint density at radius 1 is 1.21 bits per heavy atom. The Balaban J connectivity index is 1.54. The molecule has 0 N–H and O–H groups in total. The highest BCUT2D eigenvalue weighted by Crippen LogP contribution is 2.26. The molecule has 1 aromatic heterocycles. The summed E-state index contributed by atoms with van der Waals surface area (Å²) in [7, 11) is 1.74. The molecule has 2 heterocycles. The lowest BCUT2D eigenvalue weighted by molar-refractivity contribution is 0.208. The predicted molar refractivity (Wildman–Crippen MR) is 99.9 cm³/mol. The van der Waals surface area contributed by atoms with E-state index in [9.17, 15) is 0 Å². The van der Waals surface area contributed by atoms with E-state index in [0.717, 1.165) is 37.2 Å². The summed E-state index contributed by atoms with van der Waals surface area (Å²) in [5.74, 6) is 0.961. The van der Waals surface area contributed by atoms with E-state index in [4.69, 9.17) is 4.74 Å². The first-order valence-corrected chi connectivity index (χ1v) is 9.33. The molecule has 0 saturated heterocycles. The van der Waals surface area contributed by atoms with Gasteiger partial charge in [-0.05, 0) is 60.7 Å². The van der Waals surface area contributed by atoms with Crippen LogP contribution in [-0.2, 0) is 19.4 Å². The van der Waals surface area contributed by atoms with E-state index >= 15 is 0 Å². The van der Waals surface area contributed by atoms with Crippen LogP contribution in [0.15, 0.2) is 41.9 Å².